The van der Waals surface area contributed by atoms with E-state index >= 15 is 0 Å². The molecule has 0 aliphatic rings. The zero-order chi connectivity index (χ0) is 14.9. The van der Waals surface area contributed by atoms with E-state index in [0.717, 1.165) is 13.2 Å². The van der Waals surface area contributed by atoms with E-state index in [0.29, 0.717) is 12.6 Å². The van der Waals surface area contributed by atoms with Crippen molar-refractivity contribution in [2.45, 2.75) is 79.2 Å². The lowest BCUT2D eigenvalue weighted by atomic mass is 10.1. The van der Waals surface area contributed by atoms with E-state index in [-0.39, 0.29) is 5.78 Å². The van der Waals surface area contributed by atoms with Crippen LogP contribution in [-0.2, 0) is 9.53 Å². The normalized spacial score (nSPS) is 10.2. The van der Waals surface area contributed by atoms with Gasteiger partial charge in [-0.05, 0) is 40.2 Å². The molecule has 0 aliphatic heterocycles. The second kappa shape index (κ2) is 17.6. The van der Waals surface area contributed by atoms with Gasteiger partial charge in [-0.2, -0.15) is 0 Å². The summed E-state index contributed by atoms with van der Waals surface area (Å²) in [6.07, 6.45) is 7.85. The van der Waals surface area contributed by atoms with Gasteiger partial charge in [-0.1, -0.05) is 39.5 Å². The third-order valence-corrected chi connectivity index (χ3v) is 2.57. The summed E-state index contributed by atoms with van der Waals surface area (Å²) in [5.41, 5.74) is 0. The number of Topliss-reactive ketones (excluding diaryl/α,β-unsaturated/α-hetero) is 1. The second-order valence-corrected chi connectivity index (χ2v) is 4.92. The maximum atomic E-state index is 10.7. The summed E-state index contributed by atoms with van der Waals surface area (Å²) < 4.78 is 5.48. The first kappa shape index (κ1) is 20.9. The van der Waals surface area contributed by atoms with Gasteiger partial charge >= 0.3 is 0 Å². The predicted molar refractivity (Wildman–Crippen MR) is 83.7 cm³/mol. The highest BCUT2D eigenvalue weighted by Crippen LogP contribution is 2.05. The van der Waals surface area contributed by atoms with Crippen molar-refractivity contribution in [3.8, 4) is 0 Å². The third kappa shape index (κ3) is 23.1. The Morgan fingerprint density at radius 2 is 1.53 bits per heavy atom. The topological polar surface area (TPSA) is 38.3 Å². The third-order valence-electron chi connectivity index (χ3n) is 2.57. The second-order valence-electron chi connectivity index (χ2n) is 4.92. The Kier molecular flexibility index (Phi) is 19.3. The van der Waals surface area contributed by atoms with E-state index in [2.05, 4.69) is 19.2 Å². The molecule has 0 amide bonds. The van der Waals surface area contributed by atoms with E-state index in [1.165, 1.54) is 38.5 Å². The minimum Gasteiger partial charge on any atom is -0.379 e. The Balaban J connectivity index is 0. The smallest absolute Gasteiger partial charge is 0.143 e. The average Bonchev–Trinajstić information content (AvgIpc) is 2.37. The highest BCUT2D eigenvalue weighted by molar-refractivity contribution is 5.77. The summed E-state index contributed by atoms with van der Waals surface area (Å²) in [4.78, 5) is 10.7. The zero-order valence-corrected chi connectivity index (χ0v) is 13.8. The molecule has 0 atom stereocenters. The number of unbranched alkanes of at least 4 members (excludes halogenated alkanes) is 5. The lowest BCUT2D eigenvalue weighted by Crippen LogP contribution is -2.21. The van der Waals surface area contributed by atoms with Gasteiger partial charge in [0, 0.05) is 6.61 Å². The molecule has 116 valence electrons. The quantitative estimate of drug-likeness (QED) is 0.547. The Morgan fingerprint density at radius 1 is 1.00 bits per heavy atom. The summed E-state index contributed by atoms with van der Waals surface area (Å²) >= 11 is 0. The Bertz CT molecular complexity index is 182. The molecular weight excluding hydrogens is 238 g/mol. The predicted octanol–water partition coefficient (Wildman–Crippen LogP) is 3.96. The Hall–Kier alpha value is -0.410. The largest absolute Gasteiger partial charge is 0.379 e. The standard InChI is InChI=1S/C14H29NO2.C2H6/c1-13(2)17-11-9-7-5-4-6-8-10-15-12-14(3)16;1-2/h13,15H,4-12H2,1-3H3;1-2H3. The molecular formula is C16H35NO2. The van der Waals surface area contributed by atoms with Crippen LogP contribution in [-0.4, -0.2) is 31.6 Å². The highest BCUT2D eigenvalue weighted by atomic mass is 16.5. The van der Waals surface area contributed by atoms with Gasteiger partial charge in [0.15, 0.2) is 0 Å². The van der Waals surface area contributed by atoms with Crippen molar-refractivity contribution < 1.29 is 9.53 Å². The van der Waals surface area contributed by atoms with Crippen molar-refractivity contribution in [3.63, 3.8) is 0 Å². The summed E-state index contributed by atoms with van der Waals surface area (Å²) in [7, 11) is 0. The summed E-state index contributed by atoms with van der Waals surface area (Å²) in [6.45, 7) is 12.2. The van der Waals surface area contributed by atoms with Gasteiger partial charge in [-0.15, -0.1) is 0 Å². The summed E-state index contributed by atoms with van der Waals surface area (Å²) in [6, 6.07) is 0. The van der Waals surface area contributed by atoms with E-state index in [1.54, 1.807) is 6.92 Å². The fraction of sp³-hybridized carbons (Fsp3) is 0.938. The minimum atomic E-state index is 0.218. The molecule has 0 fully saturated rings. The van der Waals surface area contributed by atoms with Crippen LogP contribution in [0.4, 0.5) is 0 Å². The maximum absolute atomic E-state index is 10.7. The van der Waals surface area contributed by atoms with Crippen molar-refractivity contribution in [3.05, 3.63) is 0 Å². The van der Waals surface area contributed by atoms with Crippen LogP contribution in [0.2, 0.25) is 0 Å². The number of hydrogen-bond donors (Lipinski definition) is 1. The van der Waals surface area contributed by atoms with Crippen LogP contribution in [0.3, 0.4) is 0 Å². The molecule has 1 N–H and O–H groups in total. The molecule has 0 aromatic carbocycles. The number of hydrogen-bond acceptors (Lipinski definition) is 3. The monoisotopic (exact) mass is 273 g/mol. The molecule has 0 aliphatic carbocycles. The summed E-state index contributed by atoms with van der Waals surface area (Å²) in [5, 5.41) is 3.14. The Morgan fingerprint density at radius 3 is 2.05 bits per heavy atom. The van der Waals surface area contributed by atoms with Crippen molar-refractivity contribution in [1.29, 1.82) is 0 Å². The van der Waals surface area contributed by atoms with Gasteiger partial charge in [0.05, 0.1) is 12.6 Å². The number of ether oxygens (including phenoxy) is 1. The molecule has 19 heavy (non-hydrogen) atoms. The van der Waals surface area contributed by atoms with Gasteiger partial charge in [-0.25, -0.2) is 0 Å². The first-order valence-electron chi connectivity index (χ1n) is 7.94. The van der Waals surface area contributed by atoms with Crippen LogP contribution in [0.15, 0.2) is 0 Å². The van der Waals surface area contributed by atoms with E-state index < -0.39 is 0 Å². The van der Waals surface area contributed by atoms with Gasteiger partial charge in [0.25, 0.3) is 0 Å². The van der Waals surface area contributed by atoms with Crippen LogP contribution in [0.1, 0.15) is 73.1 Å². The molecule has 0 radical (unpaired) electrons. The van der Waals surface area contributed by atoms with Crippen LogP contribution in [0, 0.1) is 0 Å². The van der Waals surface area contributed by atoms with Crippen LogP contribution < -0.4 is 5.32 Å². The molecule has 0 rings (SSSR count). The SMILES string of the molecule is CC.CC(=O)CNCCCCCCCCOC(C)C. The molecule has 0 saturated heterocycles. The molecule has 3 heteroatoms. The van der Waals surface area contributed by atoms with Gasteiger partial charge in [-0.3, -0.25) is 4.79 Å². The average molecular weight is 273 g/mol. The molecule has 0 aromatic rings. The molecule has 0 aromatic heterocycles. The van der Waals surface area contributed by atoms with E-state index in [4.69, 9.17) is 4.74 Å². The highest BCUT2D eigenvalue weighted by Gasteiger charge is 1.95. The van der Waals surface area contributed by atoms with Gasteiger partial charge in [0.1, 0.15) is 5.78 Å². The number of nitrogens with one attached hydrogen (secondary N) is 1. The molecule has 0 unspecified atom stereocenters. The van der Waals surface area contributed by atoms with Crippen molar-refractivity contribution in [2.75, 3.05) is 19.7 Å². The fourth-order valence-corrected chi connectivity index (χ4v) is 1.64. The maximum Gasteiger partial charge on any atom is 0.143 e. The molecule has 0 heterocycles. The van der Waals surface area contributed by atoms with Crippen molar-refractivity contribution in [2.24, 2.45) is 0 Å². The van der Waals surface area contributed by atoms with Crippen molar-refractivity contribution >= 4 is 5.78 Å². The molecule has 3 nitrogen and oxygen atoms in total. The number of carbonyl (C=O) groups is 1. The van der Waals surface area contributed by atoms with Crippen molar-refractivity contribution in [1.82, 2.24) is 5.32 Å². The van der Waals surface area contributed by atoms with Gasteiger partial charge in [0.2, 0.25) is 0 Å². The van der Waals surface area contributed by atoms with Crippen LogP contribution >= 0.6 is 0 Å². The Labute approximate surface area is 120 Å². The molecule has 0 saturated carbocycles. The van der Waals surface area contributed by atoms with E-state index in [1.807, 2.05) is 13.8 Å². The lowest BCUT2D eigenvalue weighted by molar-refractivity contribution is -0.116. The first-order chi connectivity index (χ1) is 9.13. The first-order valence-corrected chi connectivity index (χ1v) is 7.94. The number of rotatable bonds is 12. The summed E-state index contributed by atoms with van der Waals surface area (Å²) in [5.74, 6) is 0.218. The zero-order valence-electron chi connectivity index (χ0n) is 13.8. The van der Waals surface area contributed by atoms with Crippen LogP contribution in [0.5, 0.6) is 0 Å². The van der Waals surface area contributed by atoms with E-state index in [9.17, 15) is 4.79 Å². The lowest BCUT2D eigenvalue weighted by Gasteiger charge is -2.07. The van der Waals surface area contributed by atoms with Crippen LogP contribution in [0.25, 0.3) is 0 Å². The minimum absolute atomic E-state index is 0.218. The molecule has 0 spiro atoms. The van der Waals surface area contributed by atoms with Gasteiger partial charge < -0.3 is 10.1 Å². The fourth-order valence-electron chi connectivity index (χ4n) is 1.64. The molecule has 0 bridgehead atoms. The number of ketones is 1. The number of carbonyl (C=O) groups excluding carboxylic acids is 1.